The summed E-state index contributed by atoms with van der Waals surface area (Å²) >= 11 is 0. The number of nitrogens with zero attached hydrogens (tertiary/aromatic N) is 1. The second-order valence-electron chi connectivity index (χ2n) is 12.7. The van der Waals surface area contributed by atoms with Crippen LogP contribution in [0.3, 0.4) is 0 Å². The molecule has 0 unspecified atom stereocenters. The molecule has 0 aliphatic carbocycles. The molecule has 3 N–H and O–H groups in total. The molecule has 3 rings (SSSR count). The Morgan fingerprint density at radius 3 is 2.17 bits per heavy atom. The number of amides is 3. The number of carbonyl (C=O) groups is 5. The Balaban J connectivity index is 1.90. The van der Waals surface area contributed by atoms with Crippen molar-refractivity contribution in [3.05, 3.63) is 84.6 Å². The van der Waals surface area contributed by atoms with Gasteiger partial charge in [-0.25, -0.2) is 9.59 Å². The number of benzene rings is 2. The number of para-hydroxylation sites is 1. The Morgan fingerprint density at radius 2 is 1.52 bits per heavy atom. The van der Waals surface area contributed by atoms with Crippen LogP contribution in [-0.2, 0) is 53.5 Å². The molecular formula is C36H46N4O8. The van der Waals surface area contributed by atoms with Gasteiger partial charge in [-0.2, -0.15) is 0 Å². The number of hydrogen-bond acceptors (Lipinski definition) is 8. The van der Waals surface area contributed by atoms with E-state index < -0.39 is 60.0 Å². The summed E-state index contributed by atoms with van der Waals surface area (Å²) in [7, 11) is 1.87. The van der Waals surface area contributed by atoms with Gasteiger partial charge in [0.1, 0.15) is 36.9 Å². The molecule has 12 heteroatoms. The summed E-state index contributed by atoms with van der Waals surface area (Å²) in [6.45, 7) is 12.0. The predicted octanol–water partition coefficient (Wildman–Crippen LogP) is 4.10. The van der Waals surface area contributed by atoms with E-state index in [1.807, 2.05) is 48.1 Å². The lowest BCUT2D eigenvalue weighted by Gasteiger charge is -2.26. The lowest BCUT2D eigenvalue weighted by molar-refractivity contribution is -0.156. The van der Waals surface area contributed by atoms with Crippen LogP contribution in [0, 0.1) is 5.92 Å². The third-order valence-electron chi connectivity index (χ3n) is 7.21. The Labute approximate surface area is 281 Å². The van der Waals surface area contributed by atoms with Gasteiger partial charge in [0.15, 0.2) is 0 Å². The molecular weight excluding hydrogens is 616 g/mol. The summed E-state index contributed by atoms with van der Waals surface area (Å²) in [6, 6.07) is 12.8. The maximum atomic E-state index is 13.9. The van der Waals surface area contributed by atoms with Crippen LogP contribution in [0.4, 0.5) is 4.79 Å². The van der Waals surface area contributed by atoms with Crippen LogP contribution in [0.5, 0.6) is 0 Å². The van der Waals surface area contributed by atoms with Gasteiger partial charge in [-0.3, -0.25) is 14.4 Å². The highest BCUT2D eigenvalue weighted by molar-refractivity contribution is 5.95. The van der Waals surface area contributed by atoms with Crippen LogP contribution in [0.15, 0.2) is 73.4 Å². The molecule has 3 aromatic rings. The molecule has 2 aromatic carbocycles. The Kier molecular flexibility index (Phi) is 13.3. The fraction of sp³-hybridized carbons (Fsp3) is 0.417. The predicted molar refractivity (Wildman–Crippen MR) is 180 cm³/mol. The van der Waals surface area contributed by atoms with Gasteiger partial charge >= 0.3 is 18.0 Å². The van der Waals surface area contributed by atoms with Crippen molar-refractivity contribution in [2.75, 3.05) is 6.61 Å². The second-order valence-corrected chi connectivity index (χ2v) is 12.7. The van der Waals surface area contributed by atoms with Crippen LogP contribution in [0.25, 0.3) is 10.9 Å². The summed E-state index contributed by atoms with van der Waals surface area (Å²) in [5.41, 5.74) is 1.54. The average Bonchev–Trinajstić information content (AvgIpc) is 3.34. The summed E-state index contributed by atoms with van der Waals surface area (Å²) in [6.07, 6.45) is 1.83. The molecule has 0 fully saturated rings. The lowest BCUT2D eigenvalue weighted by atomic mass is 10.0. The number of fused-ring (bicyclic) bond motifs is 1. The third-order valence-corrected chi connectivity index (χ3v) is 7.21. The van der Waals surface area contributed by atoms with Gasteiger partial charge in [0.25, 0.3) is 0 Å². The number of esters is 2. The van der Waals surface area contributed by atoms with Crippen LogP contribution >= 0.6 is 0 Å². The molecule has 0 spiro atoms. The molecule has 258 valence electrons. The van der Waals surface area contributed by atoms with E-state index in [4.69, 9.17) is 14.2 Å². The number of hydrogen-bond donors (Lipinski definition) is 3. The highest BCUT2D eigenvalue weighted by Crippen LogP contribution is 2.22. The van der Waals surface area contributed by atoms with Crippen molar-refractivity contribution in [3.8, 4) is 0 Å². The van der Waals surface area contributed by atoms with Crippen LogP contribution in [0.2, 0.25) is 0 Å². The Hall–Kier alpha value is -5.13. The first kappa shape index (κ1) is 37.3. The zero-order valence-electron chi connectivity index (χ0n) is 28.4. The van der Waals surface area contributed by atoms with Gasteiger partial charge in [0.05, 0.1) is 6.42 Å². The molecule has 0 radical (unpaired) electrons. The molecule has 1 aromatic heterocycles. The SMILES string of the molecule is C=CCOC(=O)[C@@H](NC(=O)[C@H](Cc1cn(C)c2ccccc12)NC(=O)[C@H](CC(=O)OC(C)(C)C)NC(=O)OCc1ccccc1)C(C)C. The molecule has 0 saturated carbocycles. The molecule has 0 aliphatic rings. The second kappa shape index (κ2) is 17.1. The smallest absolute Gasteiger partial charge is 0.408 e. The fourth-order valence-electron chi connectivity index (χ4n) is 4.94. The highest BCUT2D eigenvalue weighted by atomic mass is 16.6. The minimum absolute atomic E-state index is 0.0308. The molecule has 12 nitrogen and oxygen atoms in total. The zero-order valence-corrected chi connectivity index (χ0v) is 28.4. The number of aromatic nitrogens is 1. The monoisotopic (exact) mass is 662 g/mol. The van der Waals surface area contributed by atoms with Gasteiger partial charge in [0.2, 0.25) is 11.8 Å². The Bertz CT molecular complexity index is 1590. The van der Waals surface area contributed by atoms with Crippen molar-refractivity contribution in [2.45, 2.75) is 77.8 Å². The summed E-state index contributed by atoms with van der Waals surface area (Å²) < 4.78 is 17.8. The van der Waals surface area contributed by atoms with Crippen molar-refractivity contribution in [2.24, 2.45) is 13.0 Å². The molecule has 0 aliphatic heterocycles. The average molecular weight is 663 g/mol. The van der Waals surface area contributed by atoms with Crippen molar-refractivity contribution in [3.63, 3.8) is 0 Å². The van der Waals surface area contributed by atoms with E-state index in [9.17, 15) is 24.0 Å². The van der Waals surface area contributed by atoms with Crippen LogP contribution < -0.4 is 16.0 Å². The van der Waals surface area contributed by atoms with E-state index in [-0.39, 0.29) is 25.6 Å². The van der Waals surface area contributed by atoms with E-state index >= 15 is 0 Å². The first-order valence-electron chi connectivity index (χ1n) is 15.8. The maximum absolute atomic E-state index is 13.9. The van der Waals surface area contributed by atoms with E-state index in [2.05, 4.69) is 22.5 Å². The third kappa shape index (κ3) is 11.3. The molecule has 3 atom stereocenters. The maximum Gasteiger partial charge on any atom is 0.408 e. The minimum Gasteiger partial charge on any atom is -0.460 e. The number of ether oxygens (including phenoxy) is 3. The summed E-state index contributed by atoms with van der Waals surface area (Å²) in [5.74, 6) is -3.23. The van der Waals surface area contributed by atoms with Gasteiger partial charge in [-0.1, -0.05) is 75.0 Å². The molecule has 0 bridgehead atoms. The molecule has 1 heterocycles. The number of aryl methyl sites for hydroxylation is 1. The van der Waals surface area contributed by atoms with Crippen LogP contribution in [-0.4, -0.2) is 64.7 Å². The number of rotatable bonds is 15. The topological polar surface area (TPSA) is 154 Å². The van der Waals surface area contributed by atoms with E-state index in [1.165, 1.54) is 6.08 Å². The van der Waals surface area contributed by atoms with E-state index in [0.717, 1.165) is 22.0 Å². The number of carbonyl (C=O) groups excluding carboxylic acids is 5. The summed E-state index contributed by atoms with van der Waals surface area (Å²) in [5, 5.41) is 8.75. The molecule has 0 saturated heterocycles. The van der Waals surface area contributed by atoms with E-state index in [1.54, 1.807) is 58.9 Å². The van der Waals surface area contributed by atoms with Gasteiger partial charge in [-0.05, 0) is 43.9 Å². The number of alkyl carbamates (subject to hydrolysis) is 1. The normalized spacial score (nSPS) is 13.1. The molecule has 48 heavy (non-hydrogen) atoms. The van der Waals surface area contributed by atoms with Gasteiger partial charge < -0.3 is 34.7 Å². The van der Waals surface area contributed by atoms with Gasteiger partial charge in [-0.15, -0.1) is 0 Å². The molecule has 3 amide bonds. The Morgan fingerprint density at radius 1 is 0.875 bits per heavy atom. The fourth-order valence-corrected chi connectivity index (χ4v) is 4.94. The van der Waals surface area contributed by atoms with Crippen molar-refractivity contribution in [1.82, 2.24) is 20.5 Å². The first-order valence-corrected chi connectivity index (χ1v) is 15.8. The lowest BCUT2D eigenvalue weighted by Crippen LogP contribution is -2.57. The van der Waals surface area contributed by atoms with Crippen molar-refractivity contribution < 1.29 is 38.2 Å². The quantitative estimate of drug-likeness (QED) is 0.125. The zero-order chi connectivity index (χ0) is 35.4. The van der Waals surface area contributed by atoms with Crippen molar-refractivity contribution >= 4 is 40.7 Å². The highest BCUT2D eigenvalue weighted by Gasteiger charge is 2.34. The van der Waals surface area contributed by atoms with Crippen LogP contribution in [0.1, 0.15) is 52.2 Å². The number of nitrogens with one attached hydrogen (secondary N) is 3. The van der Waals surface area contributed by atoms with E-state index in [0.29, 0.717) is 0 Å². The summed E-state index contributed by atoms with van der Waals surface area (Å²) in [4.78, 5) is 66.2. The largest absolute Gasteiger partial charge is 0.460 e. The van der Waals surface area contributed by atoms with Gasteiger partial charge in [0, 0.05) is 30.6 Å². The first-order chi connectivity index (χ1) is 22.7. The minimum atomic E-state index is -1.45. The van der Waals surface area contributed by atoms with Crippen molar-refractivity contribution in [1.29, 1.82) is 0 Å². The standard InChI is InChI=1S/C36H46N4O8/c1-8-18-46-34(44)31(23(2)3)39-33(43)27(19-25-21-40(7)29-17-13-12-16-26(25)29)37-32(42)28(20-30(41)48-36(4,5)6)38-35(45)47-22-24-14-10-9-11-15-24/h8-17,21,23,27-28,31H,1,18-20,22H2,2-7H3,(H,37,42)(H,38,45)(H,39,43)/t27-,28-,31-/m0/s1.